The van der Waals surface area contributed by atoms with Gasteiger partial charge in [0.25, 0.3) is 0 Å². The molecule has 1 unspecified atom stereocenters. The first-order chi connectivity index (χ1) is 10.3. The SMILES string of the molecule is CNc1ccccc1C(C=O)c1ccc2ccccc2c1. The van der Waals surface area contributed by atoms with E-state index in [2.05, 4.69) is 29.6 Å². The van der Waals surface area contributed by atoms with E-state index in [1.807, 2.05) is 49.5 Å². The van der Waals surface area contributed by atoms with Crippen LogP contribution in [0.1, 0.15) is 17.0 Å². The summed E-state index contributed by atoms with van der Waals surface area (Å²) in [7, 11) is 1.88. The third-order valence-electron chi connectivity index (χ3n) is 3.83. The van der Waals surface area contributed by atoms with Crippen LogP contribution in [0.2, 0.25) is 0 Å². The van der Waals surface area contributed by atoms with Crippen LogP contribution < -0.4 is 5.32 Å². The zero-order valence-electron chi connectivity index (χ0n) is 11.9. The van der Waals surface area contributed by atoms with Crippen LogP contribution in [0.25, 0.3) is 10.8 Å². The highest BCUT2D eigenvalue weighted by molar-refractivity contribution is 5.85. The van der Waals surface area contributed by atoms with Crippen LogP contribution in [0.5, 0.6) is 0 Å². The summed E-state index contributed by atoms with van der Waals surface area (Å²) in [6.07, 6.45) is 1.01. The Morgan fingerprint density at radius 2 is 1.62 bits per heavy atom. The van der Waals surface area contributed by atoms with E-state index in [-0.39, 0.29) is 5.92 Å². The number of fused-ring (bicyclic) bond motifs is 1. The number of anilines is 1. The van der Waals surface area contributed by atoms with Gasteiger partial charge in [-0.2, -0.15) is 0 Å². The zero-order valence-corrected chi connectivity index (χ0v) is 11.9. The normalized spacial score (nSPS) is 12.0. The van der Waals surface area contributed by atoms with E-state index in [1.54, 1.807) is 0 Å². The van der Waals surface area contributed by atoms with Crippen molar-refractivity contribution in [3.8, 4) is 0 Å². The van der Waals surface area contributed by atoms with Crippen molar-refractivity contribution >= 4 is 22.7 Å². The average Bonchev–Trinajstić information content (AvgIpc) is 2.56. The summed E-state index contributed by atoms with van der Waals surface area (Å²) < 4.78 is 0. The minimum atomic E-state index is -0.252. The molecule has 0 aliphatic heterocycles. The molecule has 0 radical (unpaired) electrons. The monoisotopic (exact) mass is 275 g/mol. The predicted molar refractivity (Wildman–Crippen MR) is 87.8 cm³/mol. The Morgan fingerprint density at radius 1 is 0.905 bits per heavy atom. The van der Waals surface area contributed by atoms with Crippen molar-refractivity contribution < 1.29 is 4.79 Å². The van der Waals surface area contributed by atoms with Gasteiger partial charge in [-0.25, -0.2) is 0 Å². The Balaban J connectivity index is 2.11. The summed E-state index contributed by atoms with van der Waals surface area (Å²) in [6.45, 7) is 0. The number of para-hydroxylation sites is 1. The topological polar surface area (TPSA) is 29.1 Å². The van der Waals surface area contributed by atoms with Gasteiger partial charge < -0.3 is 10.1 Å². The van der Waals surface area contributed by atoms with Crippen LogP contribution in [-0.4, -0.2) is 13.3 Å². The molecule has 0 fully saturated rings. The lowest BCUT2D eigenvalue weighted by molar-refractivity contribution is -0.108. The number of carbonyl (C=O) groups excluding carboxylic acids is 1. The van der Waals surface area contributed by atoms with E-state index >= 15 is 0 Å². The minimum absolute atomic E-state index is 0.252. The van der Waals surface area contributed by atoms with Gasteiger partial charge in [0, 0.05) is 12.7 Å². The van der Waals surface area contributed by atoms with Crippen molar-refractivity contribution in [1.29, 1.82) is 0 Å². The second-order valence-corrected chi connectivity index (χ2v) is 5.06. The van der Waals surface area contributed by atoms with Gasteiger partial charge in [-0.05, 0) is 28.0 Å². The first-order valence-corrected chi connectivity index (χ1v) is 7.04. The highest BCUT2D eigenvalue weighted by Crippen LogP contribution is 2.30. The van der Waals surface area contributed by atoms with Crippen LogP contribution in [0.15, 0.2) is 66.7 Å². The van der Waals surface area contributed by atoms with Gasteiger partial charge >= 0.3 is 0 Å². The van der Waals surface area contributed by atoms with Gasteiger partial charge in [0.15, 0.2) is 0 Å². The number of rotatable bonds is 4. The predicted octanol–water partition coefficient (Wildman–Crippen LogP) is 4.21. The molecule has 0 saturated heterocycles. The van der Waals surface area contributed by atoms with E-state index in [4.69, 9.17) is 0 Å². The number of carbonyl (C=O) groups is 1. The molecular formula is C19H17NO. The van der Waals surface area contributed by atoms with Crippen molar-refractivity contribution in [1.82, 2.24) is 0 Å². The summed E-state index contributed by atoms with van der Waals surface area (Å²) in [6, 6.07) is 22.3. The van der Waals surface area contributed by atoms with Crippen molar-refractivity contribution in [3.05, 3.63) is 77.9 Å². The van der Waals surface area contributed by atoms with Crippen LogP contribution in [0.4, 0.5) is 5.69 Å². The van der Waals surface area contributed by atoms with Crippen molar-refractivity contribution in [3.63, 3.8) is 0 Å². The molecule has 3 aromatic rings. The van der Waals surface area contributed by atoms with Gasteiger partial charge in [-0.3, -0.25) is 0 Å². The van der Waals surface area contributed by atoms with E-state index in [1.165, 1.54) is 5.39 Å². The number of hydrogen-bond acceptors (Lipinski definition) is 2. The Kier molecular flexibility index (Phi) is 3.69. The van der Waals surface area contributed by atoms with Crippen molar-refractivity contribution in [2.75, 3.05) is 12.4 Å². The smallest absolute Gasteiger partial charge is 0.131 e. The maximum absolute atomic E-state index is 11.7. The van der Waals surface area contributed by atoms with Gasteiger partial charge in [0.05, 0.1) is 5.92 Å². The Labute approximate surface area is 124 Å². The average molecular weight is 275 g/mol. The third kappa shape index (κ3) is 2.52. The second-order valence-electron chi connectivity index (χ2n) is 5.06. The number of benzene rings is 3. The molecule has 0 saturated carbocycles. The molecule has 1 N–H and O–H groups in total. The molecule has 3 rings (SSSR count). The molecule has 1 atom stereocenters. The molecule has 3 aromatic carbocycles. The fourth-order valence-corrected chi connectivity index (χ4v) is 2.73. The van der Waals surface area contributed by atoms with Crippen molar-refractivity contribution in [2.45, 2.75) is 5.92 Å². The van der Waals surface area contributed by atoms with Crippen LogP contribution >= 0.6 is 0 Å². The Hall–Kier alpha value is -2.61. The largest absolute Gasteiger partial charge is 0.388 e. The van der Waals surface area contributed by atoms with E-state index in [9.17, 15) is 4.79 Å². The highest BCUT2D eigenvalue weighted by atomic mass is 16.1. The molecule has 0 amide bonds. The molecule has 0 spiro atoms. The zero-order chi connectivity index (χ0) is 14.7. The minimum Gasteiger partial charge on any atom is -0.388 e. The van der Waals surface area contributed by atoms with E-state index in [0.29, 0.717) is 0 Å². The quantitative estimate of drug-likeness (QED) is 0.723. The highest BCUT2D eigenvalue weighted by Gasteiger charge is 2.16. The number of hydrogen-bond donors (Lipinski definition) is 1. The molecule has 2 nitrogen and oxygen atoms in total. The molecule has 0 aliphatic carbocycles. The Morgan fingerprint density at radius 3 is 2.38 bits per heavy atom. The Bertz CT molecular complexity index is 779. The van der Waals surface area contributed by atoms with Gasteiger partial charge in [-0.15, -0.1) is 0 Å². The fourth-order valence-electron chi connectivity index (χ4n) is 2.73. The maximum Gasteiger partial charge on any atom is 0.131 e. The standard InChI is InChI=1S/C19H17NO/c1-20-19-9-5-4-8-17(19)18(13-21)16-11-10-14-6-2-3-7-15(14)12-16/h2-13,18,20H,1H3. The third-order valence-corrected chi connectivity index (χ3v) is 3.83. The molecule has 21 heavy (non-hydrogen) atoms. The van der Waals surface area contributed by atoms with Gasteiger partial charge in [-0.1, -0.05) is 60.7 Å². The molecule has 0 heterocycles. The summed E-state index contributed by atoms with van der Waals surface area (Å²) in [5, 5.41) is 5.50. The number of aldehydes is 1. The summed E-state index contributed by atoms with van der Waals surface area (Å²) >= 11 is 0. The molecule has 2 heteroatoms. The first-order valence-electron chi connectivity index (χ1n) is 7.04. The lowest BCUT2D eigenvalue weighted by atomic mass is 9.90. The number of nitrogens with one attached hydrogen (secondary N) is 1. The summed E-state index contributed by atoms with van der Waals surface area (Å²) in [5.74, 6) is -0.252. The van der Waals surface area contributed by atoms with Crippen LogP contribution in [-0.2, 0) is 4.79 Å². The van der Waals surface area contributed by atoms with E-state index < -0.39 is 0 Å². The fraction of sp³-hybridized carbons (Fsp3) is 0.105. The van der Waals surface area contributed by atoms with Crippen LogP contribution in [0, 0.1) is 0 Å². The lowest BCUT2D eigenvalue weighted by Gasteiger charge is -2.16. The first kappa shape index (κ1) is 13.4. The summed E-state index contributed by atoms with van der Waals surface area (Å²) in [4.78, 5) is 11.7. The van der Waals surface area contributed by atoms with Crippen LogP contribution in [0.3, 0.4) is 0 Å². The molecular weight excluding hydrogens is 258 g/mol. The molecule has 0 aliphatic rings. The van der Waals surface area contributed by atoms with Gasteiger partial charge in [0.1, 0.15) is 6.29 Å². The second kappa shape index (κ2) is 5.80. The van der Waals surface area contributed by atoms with E-state index in [0.717, 1.165) is 28.5 Å². The lowest BCUT2D eigenvalue weighted by Crippen LogP contribution is -2.06. The molecule has 104 valence electrons. The molecule has 0 aromatic heterocycles. The maximum atomic E-state index is 11.7. The van der Waals surface area contributed by atoms with Gasteiger partial charge in [0.2, 0.25) is 0 Å². The van der Waals surface area contributed by atoms with Crippen molar-refractivity contribution in [2.24, 2.45) is 0 Å². The summed E-state index contributed by atoms with van der Waals surface area (Å²) in [5.41, 5.74) is 3.01. The molecule has 0 bridgehead atoms.